The van der Waals surface area contributed by atoms with Crippen LogP contribution in [0.25, 0.3) is 0 Å². The second-order valence-corrected chi connectivity index (χ2v) is 5.79. The van der Waals surface area contributed by atoms with Crippen molar-refractivity contribution in [2.75, 3.05) is 5.32 Å². The highest BCUT2D eigenvalue weighted by molar-refractivity contribution is 9.10. The molecule has 3 nitrogen and oxygen atoms in total. The third kappa shape index (κ3) is 4.77. The Kier molecular flexibility index (Phi) is 5.38. The van der Waals surface area contributed by atoms with Crippen molar-refractivity contribution in [2.24, 2.45) is 0 Å². The largest absolute Gasteiger partial charge is 0.418 e. The lowest BCUT2D eigenvalue weighted by Gasteiger charge is -2.16. The van der Waals surface area contributed by atoms with E-state index in [4.69, 9.17) is 12.2 Å². The average molecular weight is 403 g/mol. The van der Waals surface area contributed by atoms with Crippen LogP contribution < -0.4 is 10.6 Å². The number of carbonyl (C=O) groups excluding carboxylic acids is 1. The summed E-state index contributed by atoms with van der Waals surface area (Å²) < 4.78 is 39.3. The van der Waals surface area contributed by atoms with E-state index in [2.05, 4.69) is 26.6 Å². The van der Waals surface area contributed by atoms with Crippen LogP contribution in [0.1, 0.15) is 15.9 Å². The highest BCUT2D eigenvalue weighted by Crippen LogP contribution is 2.36. The maximum atomic E-state index is 13.0. The van der Waals surface area contributed by atoms with Gasteiger partial charge in [-0.1, -0.05) is 34.1 Å². The average Bonchev–Trinajstić information content (AvgIpc) is 2.49. The first-order chi connectivity index (χ1) is 10.8. The lowest BCUT2D eigenvalue weighted by Crippen LogP contribution is -2.34. The van der Waals surface area contributed by atoms with Crippen LogP contribution in [0.3, 0.4) is 0 Å². The van der Waals surface area contributed by atoms with Gasteiger partial charge in [0.15, 0.2) is 5.11 Å². The third-order valence-electron chi connectivity index (χ3n) is 2.80. The van der Waals surface area contributed by atoms with Crippen molar-refractivity contribution in [1.29, 1.82) is 0 Å². The summed E-state index contributed by atoms with van der Waals surface area (Å²) in [7, 11) is 0. The third-order valence-corrected chi connectivity index (χ3v) is 3.50. The molecule has 8 heteroatoms. The van der Waals surface area contributed by atoms with Crippen molar-refractivity contribution >= 4 is 44.9 Å². The summed E-state index contributed by atoms with van der Waals surface area (Å²) in [5.74, 6) is -0.506. The molecular weight excluding hydrogens is 393 g/mol. The van der Waals surface area contributed by atoms with Crippen molar-refractivity contribution in [1.82, 2.24) is 5.32 Å². The quantitative estimate of drug-likeness (QED) is 0.721. The van der Waals surface area contributed by atoms with Crippen molar-refractivity contribution in [3.63, 3.8) is 0 Å². The Labute approximate surface area is 144 Å². The molecule has 1 amide bonds. The summed E-state index contributed by atoms with van der Waals surface area (Å²) in [6.45, 7) is 0. The smallest absolute Gasteiger partial charge is 0.332 e. The minimum absolute atomic E-state index is 0.216. The number of carbonyl (C=O) groups is 1. The molecule has 0 bridgehead atoms. The number of halogens is 4. The van der Waals surface area contributed by atoms with Crippen molar-refractivity contribution in [3.8, 4) is 0 Å². The molecule has 2 aromatic carbocycles. The van der Waals surface area contributed by atoms with Crippen molar-refractivity contribution in [3.05, 3.63) is 64.1 Å². The van der Waals surface area contributed by atoms with Gasteiger partial charge in [0.1, 0.15) is 0 Å². The summed E-state index contributed by atoms with van der Waals surface area (Å²) in [6.07, 6.45) is -4.55. The summed E-state index contributed by atoms with van der Waals surface area (Å²) in [5.41, 5.74) is -0.772. The predicted molar refractivity (Wildman–Crippen MR) is 89.3 cm³/mol. The SMILES string of the molecule is O=C(NC(=S)Nc1ccc(Br)cc1C(F)(F)F)c1ccccc1. The molecule has 0 aliphatic carbocycles. The van der Waals surface area contributed by atoms with E-state index in [1.807, 2.05) is 0 Å². The van der Waals surface area contributed by atoms with Crippen LogP contribution >= 0.6 is 28.1 Å². The Morgan fingerprint density at radius 2 is 1.74 bits per heavy atom. The fourth-order valence-corrected chi connectivity index (χ4v) is 2.34. The highest BCUT2D eigenvalue weighted by Gasteiger charge is 2.34. The van der Waals surface area contributed by atoms with E-state index in [1.54, 1.807) is 30.3 Å². The van der Waals surface area contributed by atoms with Crippen molar-refractivity contribution < 1.29 is 18.0 Å². The van der Waals surface area contributed by atoms with E-state index in [0.29, 0.717) is 5.56 Å². The second-order valence-electron chi connectivity index (χ2n) is 4.46. The van der Waals surface area contributed by atoms with Gasteiger partial charge in [-0.2, -0.15) is 13.2 Å². The van der Waals surface area contributed by atoms with E-state index in [0.717, 1.165) is 6.07 Å². The second kappa shape index (κ2) is 7.10. The van der Waals surface area contributed by atoms with Gasteiger partial charge in [-0.05, 0) is 42.5 Å². The van der Waals surface area contributed by atoms with Crippen LogP contribution in [-0.2, 0) is 6.18 Å². The summed E-state index contributed by atoms with van der Waals surface area (Å²) in [4.78, 5) is 11.9. The molecule has 0 radical (unpaired) electrons. The molecule has 0 saturated carbocycles. The minimum Gasteiger partial charge on any atom is -0.332 e. The monoisotopic (exact) mass is 402 g/mol. The predicted octanol–water partition coefficient (Wildman–Crippen LogP) is 4.59. The van der Waals surface area contributed by atoms with Crippen LogP contribution in [0, 0.1) is 0 Å². The number of alkyl halides is 3. The number of hydrogen-bond acceptors (Lipinski definition) is 2. The molecular formula is C15H10BrF3N2OS. The van der Waals surface area contributed by atoms with E-state index in [-0.39, 0.29) is 15.3 Å². The van der Waals surface area contributed by atoms with E-state index in [1.165, 1.54) is 12.1 Å². The summed E-state index contributed by atoms with van der Waals surface area (Å²) >= 11 is 7.90. The first-order valence-electron chi connectivity index (χ1n) is 6.31. The molecule has 0 aliphatic heterocycles. The standard InChI is InChI=1S/C15H10BrF3N2OS/c16-10-6-7-12(11(8-10)15(17,18)19)20-14(23)21-13(22)9-4-2-1-3-5-9/h1-8H,(H2,20,21,22,23). The van der Waals surface area contributed by atoms with E-state index in [9.17, 15) is 18.0 Å². The molecule has 0 spiro atoms. The lowest BCUT2D eigenvalue weighted by molar-refractivity contribution is -0.136. The Hall–Kier alpha value is -1.93. The Balaban J connectivity index is 2.13. The Morgan fingerprint density at radius 1 is 1.09 bits per heavy atom. The molecule has 0 aromatic heterocycles. The number of thiocarbonyl (C=S) groups is 1. The minimum atomic E-state index is -4.55. The van der Waals surface area contributed by atoms with E-state index >= 15 is 0 Å². The number of nitrogens with one attached hydrogen (secondary N) is 2. The van der Waals surface area contributed by atoms with Gasteiger partial charge >= 0.3 is 6.18 Å². The molecule has 23 heavy (non-hydrogen) atoms. The maximum Gasteiger partial charge on any atom is 0.418 e. The number of hydrogen-bond donors (Lipinski definition) is 2. The van der Waals surface area contributed by atoms with Gasteiger partial charge in [0.2, 0.25) is 0 Å². The maximum absolute atomic E-state index is 13.0. The zero-order valence-electron chi connectivity index (χ0n) is 11.4. The first-order valence-corrected chi connectivity index (χ1v) is 7.51. The van der Waals surface area contributed by atoms with Crippen LogP contribution in [0.4, 0.5) is 18.9 Å². The van der Waals surface area contributed by atoms with Gasteiger partial charge in [-0.3, -0.25) is 10.1 Å². The van der Waals surface area contributed by atoms with Gasteiger partial charge in [0.05, 0.1) is 11.3 Å². The molecule has 0 unspecified atom stereocenters. The number of rotatable bonds is 2. The molecule has 0 heterocycles. The topological polar surface area (TPSA) is 41.1 Å². The Bertz CT molecular complexity index is 735. The molecule has 0 fully saturated rings. The van der Waals surface area contributed by atoms with Gasteiger partial charge < -0.3 is 5.32 Å². The number of amides is 1. The van der Waals surface area contributed by atoms with Crippen LogP contribution in [0.2, 0.25) is 0 Å². The van der Waals surface area contributed by atoms with Gasteiger partial charge in [-0.15, -0.1) is 0 Å². The van der Waals surface area contributed by atoms with Gasteiger partial charge in [0, 0.05) is 10.0 Å². The normalized spacial score (nSPS) is 11.0. The number of anilines is 1. The molecule has 2 aromatic rings. The Morgan fingerprint density at radius 3 is 2.35 bits per heavy atom. The van der Waals surface area contributed by atoms with Crippen LogP contribution in [0.5, 0.6) is 0 Å². The zero-order valence-corrected chi connectivity index (χ0v) is 13.8. The summed E-state index contributed by atoms with van der Waals surface area (Å²) in [5, 5.41) is 4.53. The van der Waals surface area contributed by atoms with Gasteiger partial charge in [-0.25, -0.2) is 0 Å². The molecule has 0 atom stereocenters. The molecule has 0 saturated heterocycles. The fraction of sp³-hybridized carbons (Fsp3) is 0.0667. The molecule has 0 aliphatic rings. The first kappa shape index (κ1) is 17.4. The molecule has 2 rings (SSSR count). The summed E-state index contributed by atoms with van der Waals surface area (Å²) in [6, 6.07) is 11.8. The highest BCUT2D eigenvalue weighted by atomic mass is 79.9. The van der Waals surface area contributed by atoms with Gasteiger partial charge in [0.25, 0.3) is 5.91 Å². The van der Waals surface area contributed by atoms with Crippen LogP contribution in [0.15, 0.2) is 53.0 Å². The lowest BCUT2D eigenvalue weighted by atomic mass is 10.1. The van der Waals surface area contributed by atoms with Crippen molar-refractivity contribution in [2.45, 2.75) is 6.18 Å². The zero-order chi connectivity index (χ0) is 17.0. The number of benzene rings is 2. The molecule has 120 valence electrons. The molecule has 2 N–H and O–H groups in total. The fourth-order valence-electron chi connectivity index (χ4n) is 1.78. The van der Waals surface area contributed by atoms with E-state index < -0.39 is 17.6 Å². The van der Waals surface area contributed by atoms with Crippen LogP contribution in [-0.4, -0.2) is 11.0 Å².